The number of anilines is 1. The van der Waals surface area contributed by atoms with Crippen LogP contribution >= 0.6 is 11.6 Å². The topological polar surface area (TPSA) is 40.5 Å². The van der Waals surface area contributed by atoms with Gasteiger partial charge in [-0.3, -0.25) is 4.79 Å². The maximum absolute atomic E-state index is 11.8. The molecule has 1 aliphatic rings. The Bertz CT molecular complexity index is 417. The van der Waals surface area contributed by atoms with Crippen molar-refractivity contribution in [1.82, 2.24) is 0 Å². The first-order valence-electron chi connectivity index (χ1n) is 5.31. The van der Waals surface area contributed by atoms with Crippen molar-refractivity contribution in [2.45, 2.75) is 25.3 Å². The van der Waals surface area contributed by atoms with Crippen LogP contribution in [0.15, 0.2) is 18.2 Å². The zero-order chi connectivity index (χ0) is 11.7. The van der Waals surface area contributed by atoms with Gasteiger partial charge in [-0.25, -0.2) is 0 Å². The molecule has 1 aromatic carbocycles. The van der Waals surface area contributed by atoms with E-state index in [9.17, 15) is 4.79 Å². The summed E-state index contributed by atoms with van der Waals surface area (Å²) in [5.41, 5.74) is 2.85. The number of alkyl halides is 1. The molecule has 4 heteroatoms. The third kappa shape index (κ3) is 1.93. The summed E-state index contributed by atoms with van der Waals surface area (Å²) in [6, 6.07) is 5.71. The number of rotatable bonds is 2. The van der Waals surface area contributed by atoms with E-state index in [1.54, 1.807) is 11.8 Å². The van der Waals surface area contributed by atoms with E-state index < -0.39 is 5.38 Å². The van der Waals surface area contributed by atoms with E-state index in [0.717, 1.165) is 23.2 Å². The van der Waals surface area contributed by atoms with E-state index >= 15 is 0 Å². The molecule has 1 amide bonds. The molecule has 0 saturated carbocycles. The maximum Gasteiger partial charge on any atom is 0.244 e. The number of halogens is 1. The number of hydrogen-bond donors (Lipinski definition) is 1. The Morgan fingerprint density at radius 1 is 1.62 bits per heavy atom. The highest BCUT2D eigenvalue weighted by Gasteiger charge is 2.27. The summed E-state index contributed by atoms with van der Waals surface area (Å²) < 4.78 is 0. The second-order valence-corrected chi connectivity index (χ2v) is 4.63. The lowest BCUT2D eigenvalue weighted by molar-refractivity contribution is -0.117. The van der Waals surface area contributed by atoms with Gasteiger partial charge in [0.05, 0.1) is 6.61 Å². The second-order valence-electron chi connectivity index (χ2n) is 3.98. The number of benzene rings is 1. The smallest absolute Gasteiger partial charge is 0.244 e. The Balaban J connectivity index is 2.34. The van der Waals surface area contributed by atoms with Crippen molar-refractivity contribution in [3.63, 3.8) is 0 Å². The Kier molecular flexibility index (Phi) is 3.17. The molecule has 1 N–H and O–H groups in total. The van der Waals surface area contributed by atoms with Crippen LogP contribution in [0.3, 0.4) is 0 Å². The molecule has 0 bridgehead atoms. The van der Waals surface area contributed by atoms with Crippen LogP contribution in [0.4, 0.5) is 5.69 Å². The van der Waals surface area contributed by atoms with E-state index in [-0.39, 0.29) is 12.5 Å². The van der Waals surface area contributed by atoms with Crippen LogP contribution in [0.2, 0.25) is 0 Å². The van der Waals surface area contributed by atoms with Crippen LogP contribution in [0.1, 0.15) is 18.1 Å². The van der Waals surface area contributed by atoms with Gasteiger partial charge < -0.3 is 10.0 Å². The third-order valence-electron chi connectivity index (χ3n) is 2.83. The fraction of sp³-hybridized carbons (Fsp3) is 0.417. The predicted octanol–water partition coefficient (Wildman–Crippen LogP) is 1.70. The van der Waals surface area contributed by atoms with E-state index in [4.69, 9.17) is 16.7 Å². The number of hydrogen-bond acceptors (Lipinski definition) is 2. The van der Waals surface area contributed by atoms with Crippen molar-refractivity contribution in [1.29, 1.82) is 0 Å². The van der Waals surface area contributed by atoms with Crippen molar-refractivity contribution < 1.29 is 9.90 Å². The first kappa shape index (κ1) is 11.4. The lowest BCUT2D eigenvalue weighted by Crippen LogP contribution is -2.34. The molecule has 0 radical (unpaired) electrons. The summed E-state index contributed by atoms with van der Waals surface area (Å²) >= 11 is 5.81. The Morgan fingerprint density at radius 2 is 2.38 bits per heavy atom. The van der Waals surface area contributed by atoms with Gasteiger partial charge in [0.15, 0.2) is 0 Å². The summed E-state index contributed by atoms with van der Waals surface area (Å²) in [6.45, 7) is 2.35. The molecule has 1 aromatic rings. The van der Waals surface area contributed by atoms with Crippen molar-refractivity contribution in [3.8, 4) is 0 Å². The lowest BCUT2D eigenvalue weighted by atomic mass is 10.1. The van der Waals surface area contributed by atoms with Gasteiger partial charge in [0.25, 0.3) is 0 Å². The number of aliphatic hydroxyl groups is 1. The molecule has 0 spiro atoms. The summed E-state index contributed by atoms with van der Waals surface area (Å²) in [5.74, 6) is -0.0736. The fourth-order valence-corrected chi connectivity index (χ4v) is 2.08. The zero-order valence-corrected chi connectivity index (χ0v) is 9.87. The highest BCUT2D eigenvalue weighted by Crippen LogP contribution is 2.30. The molecule has 0 aliphatic carbocycles. The molecule has 1 aliphatic heterocycles. The van der Waals surface area contributed by atoms with Crippen molar-refractivity contribution >= 4 is 23.2 Å². The fourth-order valence-electron chi connectivity index (χ4n) is 1.97. The zero-order valence-electron chi connectivity index (χ0n) is 9.11. The van der Waals surface area contributed by atoms with Crippen LogP contribution in [0, 0.1) is 0 Å². The number of carbonyl (C=O) groups excluding carboxylic acids is 1. The summed E-state index contributed by atoms with van der Waals surface area (Å²) in [4.78, 5) is 13.5. The number of aliphatic hydroxyl groups excluding tert-OH is 1. The molecule has 0 fully saturated rings. The van der Waals surface area contributed by atoms with Gasteiger partial charge in [-0.2, -0.15) is 0 Å². The molecule has 0 saturated heterocycles. The standard InChI is InChI=1S/C12H14ClNO2/c1-8(13)12(16)14-5-4-10-3-2-9(7-15)6-11(10)14/h2-3,6,8,15H,4-5,7H2,1H3. The highest BCUT2D eigenvalue weighted by molar-refractivity contribution is 6.32. The summed E-state index contributed by atoms with van der Waals surface area (Å²) in [6.07, 6.45) is 0.858. The van der Waals surface area contributed by atoms with Gasteiger partial charge in [-0.05, 0) is 30.5 Å². The van der Waals surface area contributed by atoms with E-state index in [1.165, 1.54) is 0 Å². The second kappa shape index (κ2) is 4.44. The van der Waals surface area contributed by atoms with Gasteiger partial charge in [0.1, 0.15) is 5.38 Å². The minimum Gasteiger partial charge on any atom is -0.392 e. The average molecular weight is 240 g/mol. The first-order valence-corrected chi connectivity index (χ1v) is 5.75. The molecule has 1 atom stereocenters. The minimum atomic E-state index is -0.510. The highest BCUT2D eigenvalue weighted by atomic mass is 35.5. The Hall–Kier alpha value is -1.06. The Labute approximate surface area is 99.6 Å². The van der Waals surface area contributed by atoms with Gasteiger partial charge in [-0.15, -0.1) is 11.6 Å². The summed E-state index contributed by atoms with van der Waals surface area (Å²) in [5, 5.41) is 8.56. The predicted molar refractivity (Wildman–Crippen MR) is 63.7 cm³/mol. The van der Waals surface area contributed by atoms with Crippen LogP contribution in [-0.4, -0.2) is 22.9 Å². The van der Waals surface area contributed by atoms with Crippen molar-refractivity contribution in [2.75, 3.05) is 11.4 Å². The van der Waals surface area contributed by atoms with E-state index in [2.05, 4.69) is 0 Å². The number of amides is 1. The average Bonchev–Trinajstić information content (AvgIpc) is 2.70. The SMILES string of the molecule is CC(Cl)C(=O)N1CCc2ccc(CO)cc21. The minimum absolute atomic E-state index is 0.00820. The molecule has 1 heterocycles. The van der Waals surface area contributed by atoms with Gasteiger partial charge >= 0.3 is 0 Å². The third-order valence-corrected chi connectivity index (χ3v) is 3.02. The van der Waals surface area contributed by atoms with E-state index in [0.29, 0.717) is 6.54 Å². The van der Waals surface area contributed by atoms with Gasteiger partial charge in [0.2, 0.25) is 5.91 Å². The van der Waals surface area contributed by atoms with Crippen LogP contribution in [0.25, 0.3) is 0 Å². The van der Waals surface area contributed by atoms with Crippen LogP contribution < -0.4 is 4.90 Å². The number of fused-ring (bicyclic) bond motifs is 1. The van der Waals surface area contributed by atoms with E-state index in [1.807, 2.05) is 18.2 Å². The summed E-state index contributed by atoms with van der Waals surface area (Å²) in [7, 11) is 0. The molecule has 3 nitrogen and oxygen atoms in total. The number of carbonyl (C=O) groups is 1. The monoisotopic (exact) mass is 239 g/mol. The van der Waals surface area contributed by atoms with Crippen LogP contribution in [0.5, 0.6) is 0 Å². The molecule has 86 valence electrons. The quantitative estimate of drug-likeness (QED) is 0.798. The molecule has 2 rings (SSSR count). The maximum atomic E-state index is 11.8. The largest absolute Gasteiger partial charge is 0.392 e. The number of nitrogens with zero attached hydrogens (tertiary/aromatic N) is 1. The molecular weight excluding hydrogens is 226 g/mol. The Morgan fingerprint density at radius 3 is 3.00 bits per heavy atom. The van der Waals surface area contributed by atoms with Crippen molar-refractivity contribution in [2.24, 2.45) is 0 Å². The molecule has 0 aromatic heterocycles. The molecule has 1 unspecified atom stereocenters. The normalized spacial score (nSPS) is 16.1. The van der Waals surface area contributed by atoms with Crippen LogP contribution in [-0.2, 0) is 17.8 Å². The van der Waals surface area contributed by atoms with Gasteiger partial charge in [0, 0.05) is 12.2 Å². The lowest BCUT2D eigenvalue weighted by Gasteiger charge is -2.19. The van der Waals surface area contributed by atoms with Crippen molar-refractivity contribution in [3.05, 3.63) is 29.3 Å². The first-order chi connectivity index (χ1) is 7.63. The molecular formula is C12H14ClNO2. The van der Waals surface area contributed by atoms with Gasteiger partial charge in [-0.1, -0.05) is 12.1 Å². The molecule has 16 heavy (non-hydrogen) atoms.